The quantitative estimate of drug-likeness (QED) is 0.894. The molecular weight excluding hydrogens is 258 g/mol. The molecule has 2 N–H and O–H groups in total. The van der Waals surface area contributed by atoms with E-state index in [1.54, 1.807) is 0 Å². The van der Waals surface area contributed by atoms with Gasteiger partial charge in [-0.2, -0.15) is 0 Å². The van der Waals surface area contributed by atoms with Gasteiger partial charge in [0.05, 0.1) is 0 Å². The summed E-state index contributed by atoms with van der Waals surface area (Å²) in [6.07, 6.45) is 0.790. The summed E-state index contributed by atoms with van der Waals surface area (Å²) in [5, 5.41) is 1.15. The van der Waals surface area contributed by atoms with Crippen molar-refractivity contribution in [2.45, 2.75) is 37.0 Å². The average Bonchev–Trinajstić information content (AvgIpc) is 2.78. The first-order valence-electron chi connectivity index (χ1n) is 7.10. The maximum atomic E-state index is 13.5. The molecule has 0 saturated heterocycles. The van der Waals surface area contributed by atoms with Gasteiger partial charge in [0.15, 0.2) is 0 Å². The lowest BCUT2D eigenvalue weighted by molar-refractivity contribution is -0.0516. The number of nitrogens with zero attached hydrogens (tertiary/aromatic N) is 1. The van der Waals surface area contributed by atoms with Gasteiger partial charge in [0, 0.05) is 43.1 Å². The number of hydrogen-bond donors (Lipinski definition) is 1. The van der Waals surface area contributed by atoms with E-state index in [0.29, 0.717) is 19.4 Å². The predicted octanol–water partition coefficient (Wildman–Crippen LogP) is 3.58. The van der Waals surface area contributed by atoms with Crippen molar-refractivity contribution in [3.8, 4) is 0 Å². The number of rotatable bonds is 2. The highest BCUT2D eigenvalue weighted by Crippen LogP contribution is 2.45. The van der Waals surface area contributed by atoms with E-state index in [-0.39, 0.29) is 18.3 Å². The van der Waals surface area contributed by atoms with E-state index >= 15 is 0 Å². The van der Waals surface area contributed by atoms with Crippen LogP contribution in [0.4, 0.5) is 8.78 Å². The summed E-state index contributed by atoms with van der Waals surface area (Å²) in [5.41, 5.74) is 7.91. The maximum absolute atomic E-state index is 13.5. The molecule has 108 valence electrons. The van der Waals surface area contributed by atoms with Crippen LogP contribution in [0, 0.1) is 0 Å². The highest BCUT2D eigenvalue weighted by molar-refractivity contribution is 5.81. The monoisotopic (exact) mass is 278 g/mol. The lowest BCUT2D eigenvalue weighted by Gasteiger charge is -2.39. The molecule has 0 bridgehead atoms. The van der Waals surface area contributed by atoms with Crippen LogP contribution in [0.2, 0.25) is 0 Å². The molecule has 0 radical (unpaired) electrons. The van der Waals surface area contributed by atoms with Gasteiger partial charge in [0.1, 0.15) is 0 Å². The zero-order valence-electron chi connectivity index (χ0n) is 11.7. The SMILES string of the molecule is Cn1c(C2(CN)CCC(F)(F)CC2)cc2ccccc21. The van der Waals surface area contributed by atoms with Crippen molar-refractivity contribution in [3.05, 3.63) is 36.0 Å². The standard InChI is InChI=1S/C16H20F2N2/c1-20-13-5-3-2-4-12(13)10-14(20)15(11-19)6-8-16(17,18)9-7-15/h2-5,10H,6-9,11,19H2,1H3. The van der Waals surface area contributed by atoms with Gasteiger partial charge in [-0.3, -0.25) is 0 Å². The molecule has 3 rings (SSSR count). The third-order valence-corrected chi connectivity index (χ3v) is 4.82. The topological polar surface area (TPSA) is 30.9 Å². The Morgan fingerprint density at radius 3 is 2.40 bits per heavy atom. The Kier molecular flexibility index (Phi) is 3.09. The number of fused-ring (bicyclic) bond motifs is 1. The molecule has 1 aliphatic rings. The van der Waals surface area contributed by atoms with Crippen LogP contribution >= 0.6 is 0 Å². The minimum atomic E-state index is -2.52. The smallest absolute Gasteiger partial charge is 0.248 e. The summed E-state index contributed by atoms with van der Waals surface area (Å²) in [6.45, 7) is 0.424. The second-order valence-electron chi connectivity index (χ2n) is 5.99. The van der Waals surface area contributed by atoms with Crippen LogP contribution in [0.15, 0.2) is 30.3 Å². The van der Waals surface area contributed by atoms with Gasteiger partial charge in [0.2, 0.25) is 5.92 Å². The van der Waals surface area contributed by atoms with Gasteiger partial charge in [0.25, 0.3) is 0 Å². The largest absolute Gasteiger partial charge is 0.347 e. The number of hydrogen-bond acceptors (Lipinski definition) is 1. The van der Waals surface area contributed by atoms with Gasteiger partial charge in [-0.05, 0) is 30.4 Å². The molecule has 2 nitrogen and oxygen atoms in total. The lowest BCUT2D eigenvalue weighted by Crippen LogP contribution is -2.43. The fourth-order valence-electron chi connectivity index (χ4n) is 3.46. The van der Waals surface area contributed by atoms with Crippen molar-refractivity contribution in [1.82, 2.24) is 4.57 Å². The van der Waals surface area contributed by atoms with Crippen molar-refractivity contribution in [2.75, 3.05) is 6.54 Å². The van der Waals surface area contributed by atoms with E-state index in [1.807, 2.05) is 19.2 Å². The fourth-order valence-corrected chi connectivity index (χ4v) is 3.46. The van der Waals surface area contributed by atoms with E-state index in [0.717, 1.165) is 16.6 Å². The highest BCUT2D eigenvalue weighted by Gasteiger charge is 2.44. The van der Waals surface area contributed by atoms with E-state index < -0.39 is 5.92 Å². The molecule has 1 aromatic heterocycles. The van der Waals surface area contributed by atoms with Crippen molar-refractivity contribution >= 4 is 10.9 Å². The summed E-state index contributed by atoms with van der Waals surface area (Å²) in [7, 11) is 2.00. The number of halogens is 2. The number of para-hydroxylation sites is 1. The second kappa shape index (κ2) is 4.55. The molecule has 1 heterocycles. The zero-order chi connectivity index (χ0) is 14.4. The molecule has 0 unspecified atom stereocenters. The number of alkyl halides is 2. The summed E-state index contributed by atoms with van der Waals surface area (Å²) < 4.78 is 29.0. The van der Waals surface area contributed by atoms with Crippen LogP contribution in [-0.4, -0.2) is 17.0 Å². The number of aromatic nitrogens is 1. The van der Waals surface area contributed by atoms with Gasteiger partial charge in [-0.15, -0.1) is 0 Å². The van der Waals surface area contributed by atoms with Gasteiger partial charge >= 0.3 is 0 Å². The van der Waals surface area contributed by atoms with Crippen molar-refractivity contribution in [1.29, 1.82) is 0 Å². The van der Waals surface area contributed by atoms with Crippen LogP contribution in [0.5, 0.6) is 0 Å². The van der Waals surface area contributed by atoms with E-state index in [2.05, 4.69) is 22.8 Å². The molecule has 20 heavy (non-hydrogen) atoms. The van der Waals surface area contributed by atoms with E-state index in [9.17, 15) is 8.78 Å². The van der Waals surface area contributed by atoms with Crippen LogP contribution in [0.3, 0.4) is 0 Å². The Balaban J connectivity index is 2.06. The molecule has 0 amide bonds. The minimum absolute atomic E-state index is 0.0638. The Morgan fingerprint density at radius 1 is 1.15 bits per heavy atom. The molecule has 1 saturated carbocycles. The summed E-state index contributed by atoms with van der Waals surface area (Å²) in [4.78, 5) is 0. The molecular formula is C16H20F2N2. The van der Waals surface area contributed by atoms with Crippen LogP contribution in [0.1, 0.15) is 31.4 Å². The highest BCUT2D eigenvalue weighted by atomic mass is 19.3. The normalized spacial score (nSPS) is 21.2. The maximum Gasteiger partial charge on any atom is 0.248 e. The molecule has 2 aromatic rings. The minimum Gasteiger partial charge on any atom is -0.347 e. The molecule has 4 heteroatoms. The fraction of sp³-hybridized carbons (Fsp3) is 0.500. The van der Waals surface area contributed by atoms with Crippen molar-refractivity contribution in [2.24, 2.45) is 12.8 Å². The third kappa shape index (κ3) is 2.03. The van der Waals surface area contributed by atoms with E-state index in [1.165, 1.54) is 0 Å². The Morgan fingerprint density at radius 2 is 1.80 bits per heavy atom. The number of benzene rings is 1. The van der Waals surface area contributed by atoms with Gasteiger partial charge < -0.3 is 10.3 Å². The first-order valence-corrected chi connectivity index (χ1v) is 7.10. The van der Waals surface area contributed by atoms with E-state index in [4.69, 9.17) is 5.73 Å². The molecule has 0 spiro atoms. The number of aryl methyl sites for hydroxylation is 1. The Labute approximate surface area is 117 Å². The first-order chi connectivity index (χ1) is 9.47. The van der Waals surface area contributed by atoms with Crippen LogP contribution in [0.25, 0.3) is 10.9 Å². The van der Waals surface area contributed by atoms with Crippen molar-refractivity contribution < 1.29 is 8.78 Å². The third-order valence-electron chi connectivity index (χ3n) is 4.82. The molecule has 1 fully saturated rings. The Hall–Kier alpha value is -1.42. The van der Waals surface area contributed by atoms with Crippen molar-refractivity contribution in [3.63, 3.8) is 0 Å². The summed E-state index contributed by atoms with van der Waals surface area (Å²) in [5.74, 6) is -2.52. The van der Waals surface area contributed by atoms with Gasteiger partial charge in [-0.25, -0.2) is 8.78 Å². The summed E-state index contributed by atoms with van der Waals surface area (Å²) >= 11 is 0. The predicted molar refractivity (Wildman–Crippen MR) is 77.1 cm³/mol. The molecule has 1 aliphatic carbocycles. The molecule has 0 aliphatic heterocycles. The van der Waals surface area contributed by atoms with Crippen LogP contribution < -0.4 is 5.73 Å². The zero-order valence-corrected chi connectivity index (χ0v) is 11.7. The Bertz CT molecular complexity index is 620. The van der Waals surface area contributed by atoms with Crippen LogP contribution in [-0.2, 0) is 12.5 Å². The van der Waals surface area contributed by atoms with Gasteiger partial charge in [-0.1, -0.05) is 18.2 Å². The lowest BCUT2D eigenvalue weighted by atomic mass is 9.70. The summed E-state index contributed by atoms with van der Waals surface area (Å²) in [6, 6.07) is 10.2. The first kappa shape index (κ1) is 13.6. The molecule has 0 atom stereocenters. The average molecular weight is 278 g/mol. The number of nitrogens with two attached hydrogens (primary N) is 1. The second-order valence-corrected chi connectivity index (χ2v) is 5.99. The molecule has 1 aromatic carbocycles.